The van der Waals surface area contributed by atoms with Crippen molar-refractivity contribution in [3.63, 3.8) is 0 Å². The third-order valence-corrected chi connectivity index (χ3v) is 1.33. The second-order valence-corrected chi connectivity index (χ2v) is 2.61. The molecule has 0 heterocycles. The minimum Gasteiger partial charge on any atom is -0.299 e. The summed E-state index contributed by atoms with van der Waals surface area (Å²) in [6.07, 6.45) is 3.81. The molecule has 1 unspecified atom stereocenters. The molecule has 2 nitrogen and oxygen atoms in total. The van der Waals surface area contributed by atoms with Crippen LogP contribution >= 0.6 is 0 Å². The van der Waals surface area contributed by atoms with Gasteiger partial charge in [0.15, 0.2) is 0 Å². The standard InChI is InChI=1S/C8H19NO/c1-4-6-8(3)10-9-7-5-2/h8-9H,4-7H2,1-3H3. The quantitative estimate of drug-likeness (QED) is 0.456. The van der Waals surface area contributed by atoms with Gasteiger partial charge in [0, 0.05) is 6.54 Å². The van der Waals surface area contributed by atoms with E-state index in [1.807, 2.05) is 0 Å². The van der Waals surface area contributed by atoms with Crippen LogP contribution in [0.1, 0.15) is 40.0 Å². The Morgan fingerprint density at radius 1 is 1.30 bits per heavy atom. The SMILES string of the molecule is CCCNOC(C)CCC. The predicted octanol–water partition coefficient (Wildman–Crippen LogP) is 2.11. The predicted molar refractivity (Wildman–Crippen MR) is 43.7 cm³/mol. The zero-order valence-corrected chi connectivity index (χ0v) is 7.31. The maximum Gasteiger partial charge on any atom is 0.0762 e. The van der Waals surface area contributed by atoms with Crippen LogP contribution in [-0.2, 0) is 4.84 Å². The van der Waals surface area contributed by atoms with Gasteiger partial charge in [-0.2, -0.15) is 0 Å². The minimum atomic E-state index is 0.358. The second kappa shape index (κ2) is 7.03. The molecule has 0 rings (SSSR count). The summed E-state index contributed by atoms with van der Waals surface area (Å²) in [5, 5.41) is 0. The Labute approximate surface area is 63.9 Å². The van der Waals surface area contributed by atoms with Crippen molar-refractivity contribution < 1.29 is 4.84 Å². The molecule has 0 aromatic heterocycles. The number of nitrogens with one attached hydrogen (secondary N) is 1. The summed E-state index contributed by atoms with van der Waals surface area (Å²) < 4.78 is 0. The van der Waals surface area contributed by atoms with E-state index in [2.05, 4.69) is 26.3 Å². The van der Waals surface area contributed by atoms with Crippen LogP contribution in [0.3, 0.4) is 0 Å². The van der Waals surface area contributed by atoms with Crippen LogP contribution < -0.4 is 5.48 Å². The molecule has 1 N–H and O–H groups in total. The molecule has 2 heteroatoms. The van der Waals surface area contributed by atoms with Gasteiger partial charge in [-0.15, -0.1) is 0 Å². The molecule has 0 aliphatic rings. The monoisotopic (exact) mass is 145 g/mol. The van der Waals surface area contributed by atoms with E-state index in [1.54, 1.807) is 0 Å². The maximum absolute atomic E-state index is 5.27. The van der Waals surface area contributed by atoms with E-state index in [-0.39, 0.29) is 0 Å². The van der Waals surface area contributed by atoms with Crippen molar-refractivity contribution in [2.75, 3.05) is 6.54 Å². The molecule has 0 fully saturated rings. The van der Waals surface area contributed by atoms with Crippen molar-refractivity contribution in [2.45, 2.75) is 46.1 Å². The van der Waals surface area contributed by atoms with Crippen molar-refractivity contribution in [3.8, 4) is 0 Å². The Balaban J connectivity index is 2.97. The van der Waals surface area contributed by atoms with Gasteiger partial charge in [0.2, 0.25) is 0 Å². The number of hydrogen-bond acceptors (Lipinski definition) is 2. The van der Waals surface area contributed by atoms with E-state index < -0.39 is 0 Å². The van der Waals surface area contributed by atoms with E-state index >= 15 is 0 Å². The molecule has 62 valence electrons. The van der Waals surface area contributed by atoms with Crippen LogP contribution in [0, 0.1) is 0 Å². The zero-order valence-electron chi connectivity index (χ0n) is 7.31. The molecule has 0 amide bonds. The lowest BCUT2D eigenvalue weighted by atomic mass is 10.2. The first-order valence-corrected chi connectivity index (χ1v) is 4.19. The molecule has 0 spiro atoms. The molecule has 0 aliphatic heterocycles. The molecule has 0 saturated carbocycles. The van der Waals surface area contributed by atoms with Crippen LogP contribution in [0.2, 0.25) is 0 Å². The normalized spacial score (nSPS) is 13.5. The topological polar surface area (TPSA) is 21.3 Å². The Morgan fingerprint density at radius 3 is 2.50 bits per heavy atom. The third kappa shape index (κ3) is 6.05. The summed E-state index contributed by atoms with van der Waals surface area (Å²) in [5.74, 6) is 0. The zero-order chi connectivity index (χ0) is 7.82. The molecule has 0 aromatic carbocycles. The molecule has 0 radical (unpaired) electrons. The van der Waals surface area contributed by atoms with Crippen LogP contribution in [-0.4, -0.2) is 12.6 Å². The largest absolute Gasteiger partial charge is 0.299 e. The summed E-state index contributed by atoms with van der Waals surface area (Å²) in [7, 11) is 0. The van der Waals surface area contributed by atoms with E-state index in [1.165, 1.54) is 6.42 Å². The summed E-state index contributed by atoms with van der Waals surface area (Å²) in [6.45, 7) is 7.33. The van der Waals surface area contributed by atoms with E-state index in [0.29, 0.717) is 6.10 Å². The smallest absolute Gasteiger partial charge is 0.0762 e. The highest BCUT2D eigenvalue weighted by Gasteiger charge is 1.97. The summed E-state index contributed by atoms with van der Waals surface area (Å²) in [4.78, 5) is 5.27. The van der Waals surface area contributed by atoms with Gasteiger partial charge < -0.3 is 0 Å². The van der Waals surface area contributed by atoms with E-state index in [4.69, 9.17) is 4.84 Å². The van der Waals surface area contributed by atoms with Gasteiger partial charge >= 0.3 is 0 Å². The summed E-state index contributed by atoms with van der Waals surface area (Å²) in [5.41, 5.74) is 2.92. The second-order valence-electron chi connectivity index (χ2n) is 2.61. The summed E-state index contributed by atoms with van der Waals surface area (Å²) in [6, 6.07) is 0. The number of rotatable bonds is 6. The van der Waals surface area contributed by atoms with Crippen molar-refractivity contribution in [1.29, 1.82) is 0 Å². The van der Waals surface area contributed by atoms with Crippen molar-refractivity contribution in [2.24, 2.45) is 0 Å². The fraction of sp³-hybridized carbons (Fsp3) is 1.00. The van der Waals surface area contributed by atoms with Crippen molar-refractivity contribution in [3.05, 3.63) is 0 Å². The van der Waals surface area contributed by atoms with Gasteiger partial charge in [0.25, 0.3) is 0 Å². The van der Waals surface area contributed by atoms with Gasteiger partial charge in [-0.1, -0.05) is 20.3 Å². The van der Waals surface area contributed by atoms with Crippen LogP contribution in [0.15, 0.2) is 0 Å². The fourth-order valence-corrected chi connectivity index (χ4v) is 0.769. The lowest BCUT2D eigenvalue weighted by molar-refractivity contribution is -0.0186. The number of hydroxylamine groups is 1. The molecule has 0 aliphatic carbocycles. The molecule has 1 atom stereocenters. The lowest BCUT2D eigenvalue weighted by Crippen LogP contribution is -2.22. The van der Waals surface area contributed by atoms with Crippen LogP contribution in [0.4, 0.5) is 0 Å². The molecule has 0 saturated heterocycles. The highest BCUT2D eigenvalue weighted by Crippen LogP contribution is 1.97. The lowest BCUT2D eigenvalue weighted by Gasteiger charge is -2.10. The third-order valence-electron chi connectivity index (χ3n) is 1.33. The van der Waals surface area contributed by atoms with Crippen molar-refractivity contribution in [1.82, 2.24) is 5.48 Å². The molecule has 0 bridgehead atoms. The highest BCUT2D eigenvalue weighted by atomic mass is 16.7. The van der Waals surface area contributed by atoms with Crippen molar-refractivity contribution >= 4 is 0 Å². The first-order valence-electron chi connectivity index (χ1n) is 4.19. The molecular weight excluding hydrogens is 126 g/mol. The Hall–Kier alpha value is -0.0800. The fourth-order valence-electron chi connectivity index (χ4n) is 0.769. The van der Waals surface area contributed by atoms with Crippen LogP contribution in [0.25, 0.3) is 0 Å². The first-order chi connectivity index (χ1) is 4.81. The van der Waals surface area contributed by atoms with E-state index in [9.17, 15) is 0 Å². The Morgan fingerprint density at radius 2 is 2.00 bits per heavy atom. The Bertz CT molecular complexity index is 66.3. The Kier molecular flexibility index (Phi) is 6.98. The van der Waals surface area contributed by atoms with Gasteiger partial charge in [0.1, 0.15) is 0 Å². The van der Waals surface area contributed by atoms with Gasteiger partial charge in [0.05, 0.1) is 6.10 Å². The molecule has 0 aromatic rings. The van der Waals surface area contributed by atoms with Crippen LogP contribution in [0.5, 0.6) is 0 Å². The maximum atomic E-state index is 5.27. The minimum absolute atomic E-state index is 0.358. The van der Waals surface area contributed by atoms with E-state index in [0.717, 1.165) is 19.4 Å². The first kappa shape index (κ1) is 9.92. The molecular formula is C8H19NO. The average Bonchev–Trinajstić information content (AvgIpc) is 1.89. The summed E-state index contributed by atoms with van der Waals surface area (Å²) >= 11 is 0. The molecule has 10 heavy (non-hydrogen) atoms. The number of hydrogen-bond donors (Lipinski definition) is 1. The average molecular weight is 145 g/mol. The highest BCUT2D eigenvalue weighted by molar-refractivity contribution is 4.45. The van der Waals surface area contributed by atoms with Gasteiger partial charge in [-0.25, -0.2) is 5.48 Å². The van der Waals surface area contributed by atoms with Gasteiger partial charge in [-0.05, 0) is 19.8 Å². The van der Waals surface area contributed by atoms with Gasteiger partial charge in [-0.3, -0.25) is 4.84 Å².